The Morgan fingerprint density at radius 1 is 1.36 bits per heavy atom. The highest BCUT2D eigenvalue weighted by atomic mass is 19.1. The molecule has 1 rings (SSSR count). The van der Waals surface area contributed by atoms with Crippen molar-refractivity contribution in [1.29, 1.82) is 0 Å². The van der Waals surface area contributed by atoms with Gasteiger partial charge in [-0.1, -0.05) is 19.9 Å². The molecule has 78 valence electrons. The maximum Gasteiger partial charge on any atom is 0.166 e. The number of ketones is 1. The molecule has 0 fully saturated rings. The summed E-state index contributed by atoms with van der Waals surface area (Å²) in [5, 5.41) is 0. The van der Waals surface area contributed by atoms with E-state index in [9.17, 15) is 9.18 Å². The molecule has 0 heterocycles. The number of rotatable bonds is 2. The van der Waals surface area contributed by atoms with Crippen molar-refractivity contribution in [2.45, 2.75) is 20.8 Å². The minimum atomic E-state index is -0.540. The van der Waals surface area contributed by atoms with Crippen molar-refractivity contribution in [3.05, 3.63) is 29.6 Å². The highest BCUT2D eigenvalue weighted by Crippen LogP contribution is 2.20. The summed E-state index contributed by atoms with van der Waals surface area (Å²) in [6.45, 7) is 5.31. The van der Waals surface area contributed by atoms with Gasteiger partial charge in [-0.3, -0.25) is 4.79 Å². The Hall–Kier alpha value is -1.38. The molecule has 0 unspecified atom stereocenters. The lowest BCUT2D eigenvalue weighted by Gasteiger charge is -2.05. The first kappa shape index (κ1) is 12.6. The van der Waals surface area contributed by atoms with Crippen molar-refractivity contribution < 1.29 is 13.9 Å². The first-order valence-corrected chi connectivity index (χ1v) is 4.50. The van der Waals surface area contributed by atoms with Crippen molar-refractivity contribution in [2.75, 3.05) is 7.11 Å². The van der Waals surface area contributed by atoms with Gasteiger partial charge in [-0.2, -0.15) is 0 Å². The summed E-state index contributed by atoms with van der Waals surface area (Å²) in [5.74, 6) is -0.589. The van der Waals surface area contributed by atoms with Gasteiger partial charge >= 0.3 is 0 Å². The molecule has 1 aromatic rings. The van der Waals surface area contributed by atoms with Crippen molar-refractivity contribution >= 4 is 5.78 Å². The van der Waals surface area contributed by atoms with E-state index in [4.69, 9.17) is 4.74 Å². The molecule has 0 saturated carbocycles. The number of hydrogen-bond acceptors (Lipinski definition) is 2. The smallest absolute Gasteiger partial charge is 0.166 e. The molecule has 0 aliphatic heterocycles. The van der Waals surface area contributed by atoms with Gasteiger partial charge in [0.15, 0.2) is 5.78 Å². The molecule has 0 atom stereocenters. The average Bonchev–Trinajstić information content (AvgIpc) is 2.19. The number of halogens is 1. The van der Waals surface area contributed by atoms with Crippen molar-refractivity contribution in [3.8, 4) is 5.75 Å². The zero-order chi connectivity index (χ0) is 11.1. The normalized spacial score (nSPS) is 8.64. The lowest BCUT2D eigenvalue weighted by atomic mass is 10.1. The van der Waals surface area contributed by atoms with Crippen LogP contribution in [0.1, 0.15) is 31.1 Å². The first-order chi connectivity index (χ1) is 6.66. The molecule has 1 aromatic carbocycles. The van der Waals surface area contributed by atoms with E-state index in [-0.39, 0.29) is 17.1 Å². The van der Waals surface area contributed by atoms with Gasteiger partial charge in [0.25, 0.3) is 0 Å². The van der Waals surface area contributed by atoms with Crippen molar-refractivity contribution in [2.24, 2.45) is 0 Å². The van der Waals surface area contributed by atoms with Gasteiger partial charge in [0.1, 0.15) is 11.6 Å². The van der Waals surface area contributed by atoms with Gasteiger partial charge in [0.05, 0.1) is 12.7 Å². The molecule has 0 saturated heterocycles. The molecule has 0 bridgehead atoms. The van der Waals surface area contributed by atoms with E-state index in [0.29, 0.717) is 0 Å². The van der Waals surface area contributed by atoms with Crippen LogP contribution in [0.25, 0.3) is 0 Å². The summed E-state index contributed by atoms with van der Waals surface area (Å²) in [5.41, 5.74) is 0.0139. The third kappa shape index (κ3) is 2.83. The van der Waals surface area contributed by atoms with Crippen LogP contribution in [-0.2, 0) is 0 Å². The molecular weight excluding hydrogens is 183 g/mol. The Labute approximate surface area is 83.7 Å². The quantitative estimate of drug-likeness (QED) is 0.682. The summed E-state index contributed by atoms with van der Waals surface area (Å²) < 4.78 is 17.8. The van der Waals surface area contributed by atoms with Gasteiger partial charge < -0.3 is 4.74 Å². The molecule has 0 spiro atoms. The highest BCUT2D eigenvalue weighted by Gasteiger charge is 2.12. The SMILES string of the molecule is CC.COc1cccc(F)c1C(C)=O. The van der Waals surface area contributed by atoms with Crippen LogP contribution in [-0.4, -0.2) is 12.9 Å². The van der Waals surface area contributed by atoms with Gasteiger partial charge in [-0.15, -0.1) is 0 Å². The molecule has 0 aliphatic carbocycles. The van der Waals surface area contributed by atoms with Crippen molar-refractivity contribution in [1.82, 2.24) is 0 Å². The van der Waals surface area contributed by atoms with Gasteiger partial charge in [-0.25, -0.2) is 4.39 Å². The van der Waals surface area contributed by atoms with Gasteiger partial charge in [0, 0.05) is 0 Å². The topological polar surface area (TPSA) is 26.3 Å². The zero-order valence-electron chi connectivity index (χ0n) is 8.93. The number of ether oxygens (including phenoxy) is 1. The van der Waals surface area contributed by atoms with Gasteiger partial charge in [-0.05, 0) is 19.1 Å². The lowest BCUT2D eigenvalue weighted by Crippen LogP contribution is -2.00. The number of carbonyl (C=O) groups excluding carboxylic acids is 1. The van der Waals surface area contributed by atoms with Crippen LogP contribution in [0.3, 0.4) is 0 Å². The number of hydrogen-bond donors (Lipinski definition) is 0. The largest absolute Gasteiger partial charge is 0.496 e. The first-order valence-electron chi connectivity index (χ1n) is 4.50. The summed E-state index contributed by atoms with van der Waals surface area (Å²) >= 11 is 0. The molecule has 0 N–H and O–H groups in total. The number of carbonyl (C=O) groups is 1. The summed E-state index contributed by atoms with van der Waals surface area (Å²) in [4.78, 5) is 10.9. The maximum atomic E-state index is 13.0. The van der Waals surface area contributed by atoms with Crippen LogP contribution in [0.15, 0.2) is 18.2 Å². The highest BCUT2D eigenvalue weighted by molar-refractivity contribution is 5.97. The molecular formula is C11H15FO2. The van der Waals surface area contributed by atoms with E-state index in [0.717, 1.165) is 0 Å². The van der Waals surface area contributed by atoms with Crippen LogP contribution < -0.4 is 4.74 Å². The van der Waals surface area contributed by atoms with E-state index >= 15 is 0 Å². The molecule has 0 radical (unpaired) electrons. The van der Waals surface area contributed by atoms with E-state index in [2.05, 4.69) is 0 Å². The van der Waals surface area contributed by atoms with Crippen molar-refractivity contribution in [3.63, 3.8) is 0 Å². The van der Waals surface area contributed by atoms with Gasteiger partial charge in [0.2, 0.25) is 0 Å². The fourth-order valence-electron chi connectivity index (χ4n) is 1.02. The Bertz CT molecular complexity index is 308. The van der Waals surface area contributed by atoms with Crippen LogP contribution >= 0.6 is 0 Å². The average molecular weight is 198 g/mol. The second-order valence-electron chi connectivity index (χ2n) is 2.37. The van der Waals surface area contributed by atoms with E-state index in [1.54, 1.807) is 6.07 Å². The zero-order valence-corrected chi connectivity index (χ0v) is 8.93. The second-order valence-corrected chi connectivity index (χ2v) is 2.37. The molecule has 3 heteroatoms. The minimum Gasteiger partial charge on any atom is -0.496 e. The van der Waals surface area contributed by atoms with Crippen LogP contribution in [0, 0.1) is 5.82 Å². The minimum absolute atomic E-state index is 0.0139. The monoisotopic (exact) mass is 198 g/mol. The van der Waals surface area contributed by atoms with Crippen LogP contribution in [0.4, 0.5) is 4.39 Å². The predicted molar refractivity (Wildman–Crippen MR) is 54.3 cm³/mol. The molecule has 0 aliphatic rings. The van der Waals surface area contributed by atoms with E-state index in [1.165, 1.54) is 26.2 Å². The second kappa shape index (κ2) is 6.13. The fourth-order valence-corrected chi connectivity index (χ4v) is 1.02. The van der Waals surface area contributed by atoms with Crippen LogP contribution in [0.2, 0.25) is 0 Å². The Balaban J connectivity index is 0.000000791. The Kier molecular flexibility index (Phi) is 5.53. The number of methoxy groups -OCH3 is 1. The standard InChI is InChI=1S/C9H9FO2.C2H6/c1-6(11)9-7(10)4-3-5-8(9)12-2;1-2/h3-5H,1-2H3;1-2H3. The third-order valence-corrected chi connectivity index (χ3v) is 1.55. The number of Topliss-reactive ketones (excluding diaryl/α,β-unsaturated/α-hetero) is 1. The third-order valence-electron chi connectivity index (χ3n) is 1.55. The predicted octanol–water partition coefficient (Wildman–Crippen LogP) is 3.06. The summed E-state index contributed by atoms with van der Waals surface area (Å²) in [6.07, 6.45) is 0. The molecule has 14 heavy (non-hydrogen) atoms. The summed E-state index contributed by atoms with van der Waals surface area (Å²) in [7, 11) is 1.40. The molecule has 0 aromatic heterocycles. The van der Waals surface area contributed by atoms with E-state index < -0.39 is 5.82 Å². The number of benzene rings is 1. The Morgan fingerprint density at radius 2 is 1.93 bits per heavy atom. The molecule has 2 nitrogen and oxygen atoms in total. The molecule has 0 amide bonds. The lowest BCUT2D eigenvalue weighted by molar-refractivity contribution is 0.101. The van der Waals surface area contributed by atoms with E-state index in [1.807, 2.05) is 13.8 Å². The maximum absolute atomic E-state index is 13.0. The van der Waals surface area contributed by atoms with Crippen LogP contribution in [0.5, 0.6) is 5.75 Å². The summed E-state index contributed by atoms with van der Waals surface area (Å²) in [6, 6.07) is 4.29. The Morgan fingerprint density at radius 3 is 2.29 bits per heavy atom. The fraction of sp³-hybridized carbons (Fsp3) is 0.364.